The van der Waals surface area contributed by atoms with E-state index in [9.17, 15) is 0 Å². The van der Waals surface area contributed by atoms with Crippen LogP contribution in [0.25, 0.3) is 0 Å². The molecule has 1 aliphatic rings. The Kier molecular flexibility index (Phi) is 0.922. The smallest absolute Gasteiger partial charge is 0.164 e. The van der Waals surface area contributed by atoms with Crippen LogP contribution in [0.1, 0.15) is 0 Å². The van der Waals surface area contributed by atoms with Crippen molar-refractivity contribution in [2.45, 2.75) is 12.2 Å². The van der Waals surface area contributed by atoms with Crippen LogP contribution < -0.4 is 0 Å². The Labute approximate surface area is 45.3 Å². The van der Waals surface area contributed by atoms with E-state index in [0.29, 0.717) is 0 Å². The highest BCUT2D eigenvalue weighted by Gasteiger charge is 2.38. The van der Waals surface area contributed by atoms with Gasteiger partial charge < -0.3 is 20.4 Å². The molecular formula is C4H6O4. The second-order valence-corrected chi connectivity index (χ2v) is 1.66. The molecule has 0 aromatic heterocycles. The van der Waals surface area contributed by atoms with Crippen LogP contribution in [0.15, 0.2) is 11.5 Å². The van der Waals surface area contributed by atoms with Gasteiger partial charge in [-0.05, 0) is 0 Å². The average molecular weight is 118 g/mol. The van der Waals surface area contributed by atoms with Gasteiger partial charge in [-0.25, -0.2) is 0 Å². The van der Waals surface area contributed by atoms with Gasteiger partial charge in [0.25, 0.3) is 0 Å². The Hall–Kier alpha value is -0.740. The van der Waals surface area contributed by atoms with Gasteiger partial charge in [0.2, 0.25) is 0 Å². The Balaban J connectivity index is 2.74. The summed E-state index contributed by atoms with van der Waals surface area (Å²) >= 11 is 0. The van der Waals surface area contributed by atoms with E-state index in [1.54, 1.807) is 0 Å². The predicted molar refractivity (Wildman–Crippen MR) is 24.3 cm³/mol. The Morgan fingerprint density at radius 3 is 1.25 bits per heavy atom. The number of rotatable bonds is 0. The van der Waals surface area contributed by atoms with Crippen molar-refractivity contribution in [3.05, 3.63) is 11.5 Å². The lowest BCUT2D eigenvalue weighted by molar-refractivity contribution is -0.0326. The van der Waals surface area contributed by atoms with Crippen LogP contribution in [0.2, 0.25) is 0 Å². The van der Waals surface area contributed by atoms with Gasteiger partial charge in [-0.3, -0.25) is 0 Å². The summed E-state index contributed by atoms with van der Waals surface area (Å²) in [6, 6.07) is 0. The largest absolute Gasteiger partial charge is 0.506 e. The third-order valence-electron chi connectivity index (χ3n) is 1.12. The third kappa shape index (κ3) is 0.410. The summed E-state index contributed by atoms with van der Waals surface area (Å²) in [5.41, 5.74) is 0. The van der Waals surface area contributed by atoms with Crippen LogP contribution >= 0.6 is 0 Å². The van der Waals surface area contributed by atoms with Crippen molar-refractivity contribution in [1.82, 2.24) is 0 Å². The van der Waals surface area contributed by atoms with Gasteiger partial charge in [-0.1, -0.05) is 0 Å². The molecule has 0 radical (unpaired) electrons. The fraction of sp³-hybridized carbons (Fsp3) is 0.500. The molecule has 0 aromatic carbocycles. The van der Waals surface area contributed by atoms with Crippen LogP contribution in [-0.2, 0) is 0 Å². The van der Waals surface area contributed by atoms with E-state index in [1.807, 2.05) is 0 Å². The van der Waals surface area contributed by atoms with Gasteiger partial charge >= 0.3 is 0 Å². The van der Waals surface area contributed by atoms with Gasteiger partial charge in [0, 0.05) is 0 Å². The Morgan fingerprint density at radius 1 is 0.875 bits per heavy atom. The van der Waals surface area contributed by atoms with E-state index in [-0.39, 0.29) is 0 Å². The Morgan fingerprint density at radius 2 is 1.12 bits per heavy atom. The van der Waals surface area contributed by atoms with E-state index < -0.39 is 23.7 Å². The van der Waals surface area contributed by atoms with Gasteiger partial charge in [0.15, 0.2) is 11.5 Å². The monoisotopic (exact) mass is 118 g/mol. The number of aliphatic hydroxyl groups excluding tert-OH is 4. The summed E-state index contributed by atoms with van der Waals surface area (Å²) in [5.74, 6) is -1.06. The maximum Gasteiger partial charge on any atom is 0.164 e. The number of hydrogen-bond acceptors (Lipinski definition) is 4. The first-order valence-electron chi connectivity index (χ1n) is 2.12. The van der Waals surface area contributed by atoms with E-state index in [2.05, 4.69) is 0 Å². The average Bonchev–Trinajstić information content (AvgIpc) is 1.83. The van der Waals surface area contributed by atoms with E-state index in [4.69, 9.17) is 20.4 Å². The van der Waals surface area contributed by atoms with Crippen molar-refractivity contribution in [2.75, 3.05) is 0 Å². The lowest BCUT2D eigenvalue weighted by Crippen LogP contribution is -2.40. The highest BCUT2D eigenvalue weighted by Crippen LogP contribution is 2.23. The van der Waals surface area contributed by atoms with Gasteiger partial charge in [-0.15, -0.1) is 0 Å². The highest BCUT2D eigenvalue weighted by molar-refractivity contribution is 5.23. The van der Waals surface area contributed by atoms with Crippen LogP contribution in [0.5, 0.6) is 0 Å². The van der Waals surface area contributed by atoms with Gasteiger partial charge in [0.05, 0.1) is 0 Å². The lowest BCUT2D eigenvalue weighted by atomic mass is 9.98. The molecule has 46 valence electrons. The minimum Gasteiger partial charge on any atom is -0.506 e. The van der Waals surface area contributed by atoms with Crippen molar-refractivity contribution in [2.24, 2.45) is 0 Å². The first-order valence-corrected chi connectivity index (χ1v) is 2.12. The fourth-order valence-electron chi connectivity index (χ4n) is 0.506. The van der Waals surface area contributed by atoms with Crippen LogP contribution in [0.3, 0.4) is 0 Å². The molecule has 4 nitrogen and oxygen atoms in total. The summed E-state index contributed by atoms with van der Waals surface area (Å²) in [6.07, 6.45) is -2.56. The SMILES string of the molecule is OC1=C(O)C(O)C1O. The van der Waals surface area contributed by atoms with E-state index in [0.717, 1.165) is 0 Å². The van der Waals surface area contributed by atoms with Crippen LogP contribution in [-0.4, -0.2) is 32.6 Å². The molecule has 0 heterocycles. The van der Waals surface area contributed by atoms with Crippen molar-refractivity contribution in [3.8, 4) is 0 Å². The molecule has 4 heteroatoms. The molecule has 2 unspecified atom stereocenters. The quantitative estimate of drug-likeness (QED) is 0.330. The number of aliphatic hydroxyl groups is 4. The van der Waals surface area contributed by atoms with Crippen molar-refractivity contribution in [1.29, 1.82) is 0 Å². The maximum atomic E-state index is 8.44. The molecule has 1 rings (SSSR count). The highest BCUT2D eigenvalue weighted by atomic mass is 16.4. The topological polar surface area (TPSA) is 80.9 Å². The zero-order valence-corrected chi connectivity index (χ0v) is 3.94. The van der Waals surface area contributed by atoms with Crippen LogP contribution in [0, 0.1) is 0 Å². The Bertz CT molecular complexity index is 123. The minimum absolute atomic E-state index is 0.530. The second-order valence-electron chi connectivity index (χ2n) is 1.66. The summed E-state index contributed by atoms with van der Waals surface area (Å²) in [6.45, 7) is 0. The molecular weight excluding hydrogens is 112 g/mol. The zero-order chi connectivity index (χ0) is 6.31. The minimum atomic E-state index is -1.28. The second kappa shape index (κ2) is 1.37. The maximum absolute atomic E-state index is 8.44. The summed E-state index contributed by atoms with van der Waals surface area (Å²) < 4.78 is 0. The summed E-state index contributed by atoms with van der Waals surface area (Å²) in [4.78, 5) is 0. The molecule has 2 atom stereocenters. The number of hydrogen-bond donors (Lipinski definition) is 4. The van der Waals surface area contributed by atoms with Crippen molar-refractivity contribution >= 4 is 0 Å². The molecule has 1 aliphatic carbocycles. The molecule has 8 heavy (non-hydrogen) atoms. The molecule has 0 spiro atoms. The van der Waals surface area contributed by atoms with Crippen LogP contribution in [0.4, 0.5) is 0 Å². The molecule has 0 saturated carbocycles. The first kappa shape index (κ1) is 5.40. The van der Waals surface area contributed by atoms with E-state index >= 15 is 0 Å². The molecule has 0 bridgehead atoms. The molecule has 4 N–H and O–H groups in total. The molecule has 0 saturated heterocycles. The fourth-order valence-corrected chi connectivity index (χ4v) is 0.506. The summed E-state index contributed by atoms with van der Waals surface area (Å²) in [7, 11) is 0. The normalized spacial score (nSPS) is 37.2. The standard InChI is InChI=1S/C4H6O4/c5-1-2(6)4(8)3(1)7/h1-2,5-8H. The zero-order valence-electron chi connectivity index (χ0n) is 3.94. The van der Waals surface area contributed by atoms with Gasteiger partial charge in [0.1, 0.15) is 12.2 Å². The van der Waals surface area contributed by atoms with Gasteiger partial charge in [-0.2, -0.15) is 0 Å². The molecule has 0 aromatic rings. The molecule has 0 aliphatic heterocycles. The third-order valence-corrected chi connectivity index (χ3v) is 1.12. The van der Waals surface area contributed by atoms with Crippen molar-refractivity contribution in [3.63, 3.8) is 0 Å². The predicted octanol–water partition coefficient (Wildman–Crippen LogP) is -0.951. The first-order chi connectivity index (χ1) is 3.64. The van der Waals surface area contributed by atoms with Crippen molar-refractivity contribution < 1.29 is 20.4 Å². The van der Waals surface area contributed by atoms with E-state index in [1.165, 1.54) is 0 Å². The summed E-state index contributed by atoms with van der Waals surface area (Å²) in [5, 5.41) is 33.6. The molecule has 0 fully saturated rings. The lowest BCUT2D eigenvalue weighted by Gasteiger charge is -2.26. The molecule has 0 amide bonds.